The zero-order chi connectivity index (χ0) is 23.1. The highest BCUT2D eigenvalue weighted by Crippen LogP contribution is 2.37. The Labute approximate surface area is 193 Å². The first-order valence-electron chi connectivity index (χ1n) is 11.2. The summed E-state index contributed by atoms with van der Waals surface area (Å²) in [5, 5.41) is 12.0. The Kier molecular flexibility index (Phi) is 8.44. The second-order valence-corrected chi connectivity index (χ2v) is 9.82. The second kappa shape index (κ2) is 11.3. The number of hydrogen-bond acceptors (Lipinski definition) is 8. The predicted molar refractivity (Wildman–Crippen MR) is 128 cm³/mol. The van der Waals surface area contributed by atoms with E-state index >= 15 is 0 Å². The summed E-state index contributed by atoms with van der Waals surface area (Å²) in [6.45, 7) is 8.23. The fourth-order valence-electron chi connectivity index (χ4n) is 4.21. The molecule has 8 nitrogen and oxygen atoms in total. The third-order valence-corrected chi connectivity index (χ3v) is 6.62. The van der Waals surface area contributed by atoms with Crippen LogP contribution in [0.1, 0.15) is 74.2 Å². The van der Waals surface area contributed by atoms with Crippen molar-refractivity contribution in [2.75, 3.05) is 23.4 Å². The van der Waals surface area contributed by atoms with Crippen LogP contribution in [0, 0.1) is 5.92 Å². The van der Waals surface area contributed by atoms with Crippen LogP contribution in [0.4, 0.5) is 16.5 Å². The van der Waals surface area contributed by atoms with Gasteiger partial charge in [-0.25, -0.2) is 0 Å². The van der Waals surface area contributed by atoms with E-state index in [1.54, 1.807) is 0 Å². The fraction of sp³-hybridized carbons (Fsp3) is 0.565. The molecule has 0 saturated heterocycles. The minimum atomic E-state index is -0.590. The van der Waals surface area contributed by atoms with Gasteiger partial charge in [-0.2, -0.15) is 0 Å². The van der Waals surface area contributed by atoms with E-state index in [1.165, 1.54) is 32.1 Å². The van der Waals surface area contributed by atoms with E-state index in [1.807, 2.05) is 6.92 Å². The van der Waals surface area contributed by atoms with Crippen LogP contribution in [0.3, 0.4) is 0 Å². The van der Waals surface area contributed by atoms with Crippen molar-refractivity contribution in [3.05, 3.63) is 28.8 Å². The monoisotopic (exact) mass is 459 g/mol. The molecule has 1 aromatic heterocycles. The number of benzene rings is 1. The van der Waals surface area contributed by atoms with Gasteiger partial charge >= 0.3 is 0 Å². The second-order valence-electron chi connectivity index (χ2n) is 8.85. The molecule has 3 N–H and O–H groups in total. The Morgan fingerprint density at radius 2 is 2.03 bits per heavy atom. The Morgan fingerprint density at radius 1 is 1.28 bits per heavy atom. The third-order valence-electron chi connectivity index (χ3n) is 5.77. The highest BCUT2D eigenvalue weighted by Gasteiger charge is 2.25. The van der Waals surface area contributed by atoms with Gasteiger partial charge < -0.3 is 20.7 Å². The molecule has 1 amide bonds. The molecule has 1 atom stereocenters. The Bertz CT molecular complexity index is 911. The lowest BCUT2D eigenvalue weighted by molar-refractivity contribution is -0.129. The molecule has 1 fully saturated rings. The largest absolute Gasteiger partial charge is 0.467 e. The molecule has 3 rings (SSSR count). The van der Waals surface area contributed by atoms with Crippen LogP contribution in [-0.4, -0.2) is 41.8 Å². The molecule has 0 bridgehead atoms. The molecule has 2 aromatic rings. The summed E-state index contributed by atoms with van der Waals surface area (Å²) in [5.74, 6) is -0.0428. The van der Waals surface area contributed by atoms with Crippen molar-refractivity contribution in [3.63, 3.8) is 0 Å². The molecular weight excluding hydrogens is 426 g/mol. The zero-order valence-corrected chi connectivity index (χ0v) is 19.9. The first kappa shape index (κ1) is 24.0. The van der Waals surface area contributed by atoms with Gasteiger partial charge in [-0.05, 0) is 36.5 Å². The van der Waals surface area contributed by atoms with Gasteiger partial charge in [0.05, 0.1) is 18.0 Å². The smallest absolute Gasteiger partial charge is 0.293 e. The van der Waals surface area contributed by atoms with E-state index in [9.17, 15) is 9.59 Å². The number of carbonyl (C=O) groups is 2. The van der Waals surface area contributed by atoms with Crippen molar-refractivity contribution in [1.82, 2.24) is 10.2 Å². The number of aromatic nitrogens is 2. The van der Waals surface area contributed by atoms with Gasteiger partial charge in [-0.3, -0.25) is 9.59 Å². The minimum Gasteiger partial charge on any atom is -0.467 e. The van der Waals surface area contributed by atoms with Crippen LogP contribution >= 0.6 is 11.3 Å². The molecule has 1 aromatic carbocycles. The van der Waals surface area contributed by atoms with Gasteiger partial charge in [-0.15, -0.1) is 10.2 Å². The van der Waals surface area contributed by atoms with Crippen LogP contribution < -0.4 is 16.0 Å². The number of rotatable bonds is 11. The molecule has 174 valence electrons. The fourth-order valence-corrected chi connectivity index (χ4v) is 4.82. The molecule has 1 saturated carbocycles. The number of nitrogens with one attached hydrogen (secondary N) is 1. The summed E-state index contributed by atoms with van der Waals surface area (Å²) in [7, 11) is 0. The molecule has 1 unspecified atom stereocenters. The quantitative estimate of drug-likeness (QED) is 0.478. The van der Waals surface area contributed by atoms with Gasteiger partial charge in [0.15, 0.2) is 0 Å². The maximum absolute atomic E-state index is 11.5. The normalized spacial score (nSPS) is 15.4. The first-order valence-corrected chi connectivity index (χ1v) is 12.1. The number of primary amides is 1. The van der Waals surface area contributed by atoms with Gasteiger partial charge in [0, 0.05) is 18.5 Å². The van der Waals surface area contributed by atoms with Crippen LogP contribution in [0.2, 0.25) is 0 Å². The highest BCUT2D eigenvalue weighted by molar-refractivity contribution is 7.17. The Balaban J connectivity index is 1.98. The maximum atomic E-state index is 11.5. The molecule has 0 radical (unpaired) electrons. The molecule has 1 heterocycles. The molecule has 32 heavy (non-hydrogen) atoms. The number of hydrogen-bond donors (Lipinski definition) is 2. The Morgan fingerprint density at radius 3 is 2.66 bits per heavy atom. The summed E-state index contributed by atoms with van der Waals surface area (Å²) >= 11 is 1.14. The van der Waals surface area contributed by atoms with E-state index in [4.69, 9.17) is 10.5 Å². The molecule has 0 spiro atoms. The van der Waals surface area contributed by atoms with E-state index in [0.717, 1.165) is 34.8 Å². The summed E-state index contributed by atoms with van der Waals surface area (Å²) in [4.78, 5) is 24.6. The summed E-state index contributed by atoms with van der Waals surface area (Å²) in [6.07, 6.45) is 6.16. The lowest BCUT2D eigenvalue weighted by Gasteiger charge is -2.38. The van der Waals surface area contributed by atoms with Crippen molar-refractivity contribution in [1.29, 1.82) is 0 Å². The summed E-state index contributed by atoms with van der Waals surface area (Å²) in [5.41, 5.74) is 8.41. The van der Waals surface area contributed by atoms with Crippen molar-refractivity contribution in [2.45, 2.75) is 64.8 Å². The van der Waals surface area contributed by atoms with Crippen LogP contribution in [0.15, 0.2) is 18.2 Å². The van der Waals surface area contributed by atoms with E-state index in [-0.39, 0.29) is 10.9 Å². The van der Waals surface area contributed by atoms with Crippen molar-refractivity contribution >= 4 is 40.2 Å². The number of ether oxygens (including phenoxy) is 1. The highest BCUT2D eigenvalue weighted by atomic mass is 32.1. The lowest BCUT2D eigenvalue weighted by Crippen LogP contribution is -2.39. The maximum Gasteiger partial charge on any atom is 0.293 e. The summed E-state index contributed by atoms with van der Waals surface area (Å²) in [6, 6.07) is 6.81. The number of nitrogens with zero attached hydrogens (tertiary/aromatic N) is 3. The van der Waals surface area contributed by atoms with Gasteiger partial charge in [0.2, 0.25) is 10.1 Å². The average Bonchev–Trinajstić information content (AvgIpc) is 3.25. The van der Waals surface area contributed by atoms with Gasteiger partial charge in [0.1, 0.15) is 0 Å². The van der Waals surface area contributed by atoms with Crippen molar-refractivity contribution in [3.8, 4) is 0 Å². The topological polar surface area (TPSA) is 110 Å². The number of anilines is 3. The zero-order valence-electron chi connectivity index (χ0n) is 19.0. The molecule has 0 aliphatic heterocycles. The van der Waals surface area contributed by atoms with Crippen molar-refractivity contribution in [2.24, 2.45) is 11.7 Å². The standard InChI is InChI=1S/C23H33N5O3S/c1-15(2)12-28(18-7-5-4-6-8-18)20-10-9-17(16(3)13-31-14-29)11-19(20)25-23-27-26-22(32-23)21(24)30/h9-11,14-16,18H,4-8,12-13H2,1-3H3,(H2,24,30)(H,25,27). The van der Waals surface area contributed by atoms with E-state index < -0.39 is 5.91 Å². The van der Waals surface area contributed by atoms with E-state index in [0.29, 0.717) is 30.2 Å². The number of nitrogens with two attached hydrogens (primary N) is 1. The van der Waals surface area contributed by atoms with Gasteiger partial charge in [-0.1, -0.05) is 57.4 Å². The molecule has 9 heteroatoms. The lowest BCUT2D eigenvalue weighted by atomic mass is 9.92. The predicted octanol–water partition coefficient (Wildman–Crippen LogP) is 4.45. The number of amides is 1. The van der Waals surface area contributed by atoms with Crippen LogP contribution in [-0.2, 0) is 9.53 Å². The summed E-state index contributed by atoms with van der Waals surface area (Å²) < 4.78 is 4.98. The number of carbonyl (C=O) groups excluding carboxylic acids is 2. The van der Waals surface area contributed by atoms with E-state index in [2.05, 4.69) is 52.5 Å². The average molecular weight is 460 g/mol. The minimum absolute atomic E-state index is 0.0404. The van der Waals surface area contributed by atoms with Crippen LogP contribution in [0.5, 0.6) is 0 Å². The van der Waals surface area contributed by atoms with Crippen LogP contribution in [0.25, 0.3) is 0 Å². The SMILES string of the molecule is CC(C)CN(c1ccc(C(C)COC=O)cc1Nc1nnc(C(N)=O)s1)C1CCCCC1. The Hall–Kier alpha value is -2.68. The van der Waals surface area contributed by atoms with Gasteiger partial charge in [0.25, 0.3) is 12.4 Å². The molecule has 1 aliphatic rings. The molecular formula is C23H33N5O3S. The first-order chi connectivity index (χ1) is 15.4. The third kappa shape index (κ3) is 6.18. The van der Waals surface area contributed by atoms with Crippen molar-refractivity contribution < 1.29 is 14.3 Å². The molecule has 1 aliphatic carbocycles.